The van der Waals surface area contributed by atoms with Crippen LogP contribution in [0.4, 0.5) is 0 Å². The van der Waals surface area contributed by atoms with E-state index in [2.05, 4.69) is 156 Å². The van der Waals surface area contributed by atoms with Crippen molar-refractivity contribution >= 4 is 70.1 Å². The lowest BCUT2D eigenvalue weighted by Crippen LogP contribution is -2.15. The second-order valence-electron chi connectivity index (χ2n) is 11.9. The Morgan fingerprint density at radius 1 is 0.463 bits per heavy atom. The molecule has 41 heavy (non-hydrogen) atoms. The lowest BCUT2D eigenvalue weighted by molar-refractivity contribution is 0.662. The van der Waals surface area contributed by atoms with Gasteiger partial charge in [-0.1, -0.05) is 96.5 Å². The number of nitrogens with zero attached hydrogens (tertiary/aromatic N) is 1. The first kappa shape index (κ1) is 23.3. The summed E-state index contributed by atoms with van der Waals surface area (Å²) in [5, 5.41) is 10.5. The standard InChI is InChI=1S/C39H26BrN/c1-39(2)35-21-30-28-15-9-7-13-26(28)25-12-6-8-14-27(25)29(30)19-31(35)32-20-34-33-18-23(40)16-17-37(33)41(38(34)22-36(32)39)24-10-4-3-5-11-24/h3-22H,1-2H3. The van der Waals surface area contributed by atoms with Crippen LogP contribution < -0.4 is 0 Å². The molecule has 1 heterocycles. The SMILES string of the molecule is CC1(C)c2cc3c4ccccc4c4ccccc4c3cc2-c2cc3c4cc(Br)ccc4n(-c4ccccc4)c3cc21. The fourth-order valence-corrected chi connectivity index (χ4v) is 7.83. The van der Waals surface area contributed by atoms with Crippen LogP contribution in [-0.4, -0.2) is 4.57 Å². The Morgan fingerprint density at radius 3 is 1.63 bits per heavy atom. The zero-order valence-electron chi connectivity index (χ0n) is 22.9. The number of aromatic nitrogens is 1. The van der Waals surface area contributed by atoms with Crippen molar-refractivity contribution in [3.63, 3.8) is 0 Å². The van der Waals surface area contributed by atoms with Crippen molar-refractivity contribution in [1.29, 1.82) is 0 Å². The van der Waals surface area contributed by atoms with Crippen LogP contribution in [0.25, 0.3) is 70.9 Å². The molecule has 194 valence electrons. The Labute approximate surface area is 246 Å². The molecule has 8 aromatic rings. The fraction of sp³-hybridized carbons (Fsp3) is 0.0769. The highest BCUT2D eigenvalue weighted by atomic mass is 79.9. The molecule has 7 aromatic carbocycles. The van der Waals surface area contributed by atoms with Crippen LogP contribution >= 0.6 is 15.9 Å². The zero-order valence-corrected chi connectivity index (χ0v) is 24.5. The van der Waals surface area contributed by atoms with E-state index < -0.39 is 0 Å². The first-order chi connectivity index (χ1) is 20.0. The molecule has 1 aliphatic rings. The van der Waals surface area contributed by atoms with Crippen molar-refractivity contribution in [3.05, 3.63) is 137 Å². The smallest absolute Gasteiger partial charge is 0.0544 e. The van der Waals surface area contributed by atoms with Crippen molar-refractivity contribution in [2.24, 2.45) is 0 Å². The summed E-state index contributed by atoms with van der Waals surface area (Å²) in [4.78, 5) is 0. The summed E-state index contributed by atoms with van der Waals surface area (Å²) in [6, 6.07) is 45.0. The summed E-state index contributed by atoms with van der Waals surface area (Å²) in [7, 11) is 0. The average Bonchev–Trinajstić information content (AvgIpc) is 3.43. The first-order valence-electron chi connectivity index (χ1n) is 14.2. The number of halogens is 1. The van der Waals surface area contributed by atoms with Gasteiger partial charge >= 0.3 is 0 Å². The second-order valence-corrected chi connectivity index (χ2v) is 12.8. The van der Waals surface area contributed by atoms with Crippen LogP contribution in [0.2, 0.25) is 0 Å². The third-order valence-corrected chi connectivity index (χ3v) is 9.89. The summed E-state index contributed by atoms with van der Waals surface area (Å²) >= 11 is 3.75. The first-order valence-corrected chi connectivity index (χ1v) is 15.0. The average molecular weight is 589 g/mol. The molecule has 2 heteroatoms. The molecular formula is C39H26BrN. The summed E-state index contributed by atoms with van der Waals surface area (Å²) < 4.78 is 3.52. The predicted molar refractivity (Wildman–Crippen MR) is 179 cm³/mol. The molecule has 0 aliphatic heterocycles. The van der Waals surface area contributed by atoms with Crippen molar-refractivity contribution in [2.45, 2.75) is 19.3 Å². The van der Waals surface area contributed by atoms with Gasteiger partial charge in [0.25, 0.3) is 0 Å². The maximum Gasteiger partial charge on any atom is 0.0544 e. The Balaban J connectivity index is 1.43. The third kappa shape index (κ3) is 3.06. The predicted octanol–water partition coefficient (Wildman–Crippen LogP) is 11.3. The van der Waals surface area contributed by atoms with Gasteiger partial charge in [0.05, 0.1) is 11.0 Å². The van der Waals surface area contributed by atoms with Crippen molar-refractivity contribution in [2.75, 3.05) is 0 Å². The molecule has 0 bridgehead atoms. The van der Waals surface area contributed by atoms with Gasteiger partial charge in [0.15, 0.2) is 0 Å². The van der Waals surface area contributed by atoms with Crippen molar-refractivity contribution in [3.8, 4) is 16.8 Å². The quantitative estimate of drug-likeness (QED) is 0.168. The van der Waals surface area contributed by atoms with E-state index in [1.165, 1.54) is 82.1 Å². The summed E-state index contributed by atoms with van der Waals surface area (Å²) in [6.45, 7) is 4.79. The highest BCUT2D eigenvalue weighted by Gasteiger charge is 2.37. The minimum absolute atomic E-state index is 0.127. The van der Waals surface area contributed by atoms with Gasteiger partial charge in [0.2, 0.25) is 0 Å². The zero-order chi connectivity index (χ0) is 27.5. The molecule has 0 atom stereocenters. The number of hydrogen-bond acceptors (Lipinski definition) is 0. The third-order valence-electron chi connectivity index (χ3n) is 9.40. The van der Waals surface area contributed by atoms with Gasteiger partial charge in [-0.2, -0.15) is 0 Å². The van der Waals surface area contributed by atoms with Crippen LogP contribution in [0.3, 0.4) is 0 Å². The monoisotopic (exact) mass is 587 g/mol. The van der Waals surface area contributed by atoms with E-state index in [1.807, 2.05) is 0 Å². The molecule has 0 saturated heterocycles. The molecule has 0 saturated carbocycles. The van der Waals surface area contributed by atoms with Gasteiger partial charge in [-0.3, -0.25) is 0 Å². The van der Waals surface area contributed by atoms with Gasteiger partial charge in [0.1, 0.15) is 0 Å². The molecule has 0 amide bonds. The Hall–Kier alpha value is -4.40. The van der Waals surface area contributed by atoms with Gasteiger partial charge < -0.3 is 4.57 Å². The number of rotatable bonds is 1. The van der Waals surface area contributed by atoms with E-state index in [1.54, 1.807) is 0 Å². The van der Waals surface area contributed by atoms with E-state index in [0.717, 1.165) is 4.47 Å². The van der Waals surface area contributed by atoms with Gasteiger partial charge in [0, 0.05) is 26.3 Å². The van der Waals surface area contributed by atoms with E-state index in [0.29, 0.717) is 0 Å². The van der Waals surface area contributed by atoms with Gasteiger partial charge in [-0.15, -0.1) is 0 Å². The number of para-hydroxylation sites is 1. The van der Waals surface area contributed by atoms with E-state index >= 15 is 0 Å². The maximum absolute atomic E-state index is 3.75. The summed E-state index contributed by atoms with van der Waals surface area (Å²) in [5.74, 6) is 0. The lowest BCUT2D eigenvalue weighted by Gasteiger charge is -2.22. The number of fused-ring (bicyclic) bond motifs is 12. The largest absolute Gasteiger partial charge is 0.309 e. The Bertz CT molecular complexity index is 2390. The van der Waals surface area contributed by atoms with E-state index in [9.17, 15) is 0 Å². The maximum atomic E-state index is 3.75. The highest BCUT2D eigenvalue weighted by molar-refractivity contribution is 9.10. The molecule has 1 aromatic heterocycles. The van der Waals surface area contributed by atoms with Crippen LogP contribution in [0, 0.1) is 0 Å². The van der Waals surface area contributed by atoms with Crippen molar-refractivity contribution < 1.29 is 0 Å². The molecule has 9 rings (SSSR count). The Kier molecular flexibility index (Phi) is 4.60. The highest BCUT2D eigenvalue weighted by Crippen LogP contribution is 2.53. The molecule has 0 N–H and O–H groups in total. The number of benzene rings is 7. The van der Waals surface area contributed by atoms with E-state index in [4.69, 9.17) is 0 Å². The molecule has 0 unspecified atom stereocenters. The van der Waals surface area contributed by atoms with Gasteiger partial charge in [-0.05, 0) is 109 Å². The minimum Gasteiger partial charge on any atom is -0.309 e. The molecular weight excluding hydrogens is 562 g/mol. The minimum atomic E-state index is -0.127. The topological polar surface area (TPSA) is 4.93 Å². The molecule has 0 radical (unpaired) electrons. The summed E-state index contributed by atoms with van der Waals surface area (Å²) in [6.07, 6.45) is 0. The molecule has 0 fully saturated rings. The Morgan fingerprint density at radius 2 is 0.976 bits per heavy atom. The van der Waals surface area contributed by atoms with Crippen molar-refractivity contribution in [1.82, 2.24) is 4.57 Å². The van der Waals surface area contributed by atoms with Crippen LogP contribution in [-0.2, 0) is 5.41 Å². The summed E-state index contributed by atoms with van der Waals surface area (Å²) in [5.41, 5.74) is 9.05. The van der Waals surface area contributed by atoms with E-state index in [-0.39, 0.29) is 5.41 Å². The normalized spacial score (nSPS) is 13.9. The van der Waals surface area contributed by atoms with Gasteiger partial charge in [-0.25, -0.2) is 0 Å². The molecule has 1 aliphatic carbocycles. The second kappa shape index (κ2) is 8.09. The van der Waals surface area contributed by atoms with Crippen LogP contribution in [0.5, 0.6) is 0 Å². The van der Waals surface area contributed by atoms with Crippen LogP contribution in [0.1, 0.15) is 25.0 Å². The number of hydrogen-bond donors (Lipinski definition) is 0. The lowest BCUT2D eigenvalue weighted by atomic mass is 9.81. The molecule has 0 spiro atoms. The molecule has 1 nitrogen and oxygen atoms in total. The fourth-order valence-electron chi connectivity index (χ4n) is 7.47. The van der Waals surface area contributed by atoms with Crippen LogP contribution in [0.15, 0.2) is 126 Å².